The second kappa shape index (κ2) is 7.13. The first-order valence-corrected chi connectivity index (χ1v) is 6.73. The highest BCUT2D eigenvalue weighted by Gasteiger charge is 2.06. The van der Waals surface area contributed by atoms with Crippen molar-refractivity contribution in [3.8, 4) is 0 Å². The van der Waals surface area contributed by atoms with Gasteiger partial charge in [0.2, 0.25) is 11.8 Å². The minimum Gasteiger partial charge on any atom is -0.399 e. The highest BCUT2D eigenvalue weighted by atomic mass is 35.5. The Balaban J connectivity index is 2.38. The summed E-state index contributed by atoms with van der Waals surface area (Å²) in [4.78, 5) is 22.0. The van der Waals surface area contributed by atoms with Gasteiger partial charge in [0.25, 0.3) is 0 Å². The summed E-state index contributed by atoms with van der Waals surface area (Å²) in [6.45, 7) is 0. The Morgan fingerprint density at radius 3 is 2.72 bits per heavy atom. The van der Waals surface area contributed by atoms with Crippen molar-refractivity contribution >= 4 is 46.6 Å². The highest BCUT2D eigenvalue weighted by Crippen LogP contribution is 2.24. The van der Waals surface area contributed by atoms with Crippen LogP contribution in [-0.4, -0.2) is 23.3 Å². The summed E-state index contributed by atoms with van der Waals surface area (Å²) < 4.78 is 0. The van der Waals surface area contributed by atoms with Gasteiger partial charge in [-0.25, -0.2) is 0 Å². The molecule has 1 rings (SSSR count). The van der Waals surface area contributed by atoms with Gasteiger partial charge in [-0.3, -0.25) is 9.59 Å². The molecule has 0 aliphatic heterocycles. The molecule has 98 valence electrons. The average Bonchev–Trinajstić information content (AvgIpc) is 2.28. The quantitative estimate of drug-likeness (QED) is 0.545. The van der Waals surface area contributed by atoms with E-state index in [9.17, 15) is 9.59 Å². The Bertz CT molecular complexity index is 454. The first-order valence-electron chi connectivity index (χ1n) is 5.20. The number of primary amides is 1. The summed E-state index contributed by atoms with van der Waals surface area (Å²) in [5.74, 6) is 0.192. The molecule has 2 amide bonds. The third-order valence-electron chi connectivity index (χ3n) is 1.99. The van der Waals surface area contributed by atoms with Gasteiger partial charge in [0.1, 0.15) is 0 Å². The topological polar surface area (TPSA) is 98.2 Å². The molecule has 0 aliphatic carbocycles. The highest BCUT2D eigenvalue weighted by molar-refractivity contribution is 7.99. The zero-order valence-corrected chi connectivity index (χ0v) is 11.2. The van der Waals surface area contributed by atoms with E-state index in [0.717, 1.165) is 0 Å². The van der Waals surface area contributed by atoms with Crippen LogP contribution in [0.5, 0.6) is 0 Å². The molecule has 0 unspecified atom stereocenters. The maximum absolute atomic E-state index is 11.6. The second-order valence-electron chi connectivity index (χ2n) is 3.56. The van der Waals surface area contributed by atoms with E-state index >= 15 is 0 Å². The summed E-state index contributed by atoms with van der Waals surface area (Å²) in [5, 5.41) is 3.07. The number of amides is 2. The van der Waals surface area contributed by atoms with Crippen molar-refractivity contribution in [2.75, 3.05) is 22.6 Å². The Kier molecular flexibility index (Phi) is 5.80. The molecule has 0 aliphatic rings. The van der Waals surface area contributed by atoms with Crippen molar-refractivity contribution < 1.29 is 9.59 Å². The van der Waals surface area contributed by atoms with E-state index in [2.05, 4.69) is 5.32 Å². The lowest BCUT2D eigenvalue weighted by molar-refractivity contribution is -0.116. The van der Waals surface area contributed by atoms with Crippen LogP contribution in [0.3, 0.4) is 0 Å². The molecule has 1 aromatic rings. The molecule has 5 nitrogen and oxygen atoms in total. The van der Waals surface area contributed by atoms with Crippen molar-refractivity contribution in [2.45, 2.75) is 6.42 Å². The normalized spacial score (nSPS) is 10.1. The van der Waals surface area contributed by atoms with Gasteiger partial charge in [0.05, 0.1) is 16.5 Å². The fraction of sp³-hybridized carbons (Fsp3) is 0.273. The molecule has 0 fully saturated rings. The van der Waals surface area contributed by atoms with Crippen LogP contribution in [0.1, 0.15) is 6.42 Å². The fourth-order valence-corrected chi connectivity index (χ4v) is 2.09. The second-order valence-corrected chi connectivity index (χ2v) is 5.07. The molecule has 0 saturated carbocycles. The van der Waals surface area contributed by atoms with Crippen molar-refractivity contribution in [1.82, 2.24) is 0 Å². The number of nitrogen functional groups attached to an aromatic ring is 1. The molecule has 0 spiro atoms. The van der Waals surface area contributed by atoms with Gasteiger partial charge in [0, 0.05) is 17.9 Å². The third-order valence-corrected chi connectivity index (χ3v) is 3.28. The minimum atomic E-state index is -0.387. The van der Waals surface area contributed by atoms with Crippen LogP contribution in [0.15, 0.2) is 18.2 Å². The lowest BCUT2D eigenvalue weighted by Gasteiger charge is -2.07. The molecule has 1 aromatic carbocycles. The molecule has 5 N–H and O–H groups in total. The number of rotatable bonds is 6. The van der Waals surface area contributed by atoms with Crippen molar-refractivity contribution in [3.63, 3.8) is 0 Å². The summed E-state index contributed by atoms with van der Waals surface area (Å²) in [7, 11) is 0. The largest absolute Gasteiger partial charge is 0.399 e. The summed E-state index contributed by atoms with van der Waals surface area (Å²) >= 11 is 7.23. The van der Waals surface area contributed by atoms with E-state index in [1.165, 1.54) is 11.8 Å². The predicted molar refractivity (Wildman–Crippen MR) is 75.6 cm³/mol. The van der Waals surface area contributed by atoms with Crippen molar-refractivity contribution in [3.05, 3.63) is 23.2 Å². The van der Waals surface area contributed by atoms with Gasteiger partial charge in [0.15, 0.2) is 0 Å². The number of hydrogen-bond donors (Lipinski definition) is 3. The summed E-state index contributed by atoms with van der Waals surface area (Å²) in [5.41, 5.74) is 11.6. The van der Waals surface area contributed by atoms with E-state index in [0.29, 0.717) is 28.6 Å². The number of anilines is 2. The van der Waals surface area contributed by atoms with E-state index in [-0.39, 0.29) is 17.6 Å². The Labute approximate surface area is 114 Å². The van der Waals surface area contributed by atoms with E-state index in [4.69, 9.17) is 23.1 Å². The van der Waals surface area contributed by atoms with E-state index in [1.54, 1.807) is 18.2 Å². The fourth-order valence-electron chi connectivity index (χ4n) is 1.18. The number of halogens is 1. The average molecular weight is 288 g/mol. The number of hydrogen-bond acceptors (Lipinski definition) is 4. The predicted octanol–water partition coefficient (Wildman–Crippen LogP) is 1.47. The Hall–Kier alpha value is -1.40. The molecule has 0 heterocycles. The molecule has 0 aromatic heterocycles. The van der Waals surface area contributed by atoms with Crippen LogP contribution in [0, 0.1) is 0 Å². The van der Waals surface area contributed by atoms with Crippen LogP contribution < -0.4 is 16.8 Å². The van der Waals surface area contributed by atoms with Crippen LogP contribution in [0.2, 0.25) is 5.02 Å². The monoisotopic (exact) mass is 287 g/mol. The zero-order chi connectivity index (χ0) is 13.5. The standard InChI is InChI=1S/C11H14ClN3O2S/c12-8-5-7(13)1-2-9(8)15-11(17)3-4-18-6-10(14)16/h1-2,5H,3-4,6,13H2,(H2,14,16)(H,15,17). The first-order chi connectivity index (χ1) is 8.49. The molecule has 18 heavy (non-hydrogen) atoms. The van der Waals surface area contributed by atoms with Gasteiger partial charge >= 0.3 is 0 Å². The Morgan fingerprint density at radius 2 is 2.11 bits per heavy atom. The molecular formula is C11H14ClN3O2S. The first kappa shape index (κ1) is 14.7. The smallest absolute Gasteiger partial charge is 0.227 e. The molecule has 0 atom stereocenters. The molecule has 0 radical (unpaired) electrons. The lowest BCUT2D eigenvalue weighted by Crippen LogP contribution is -2.15. The van der Waals surface area contributed by atoms with Crippen LogP contribution >= 0.6 is 23.4 Å². The number of carbonyl (C=O) groups is 2. The number of benzene rings is 1. The summed E-state index contributed by atoms with van der Waals surface area (Å²) in [6, 6.07) is 4.87. The molecule has 0 bridgehead atoms. The zero-order valence-electron chi connectivity index (χ0n) is 9.61. The van der Waals surface area contributed by atoms with Crippen molar-refractivity contribution in [1.29, 1.82) is 0 Å². The molecule has 7 heteroatoms. The lowest BCUT2D eigenvalue weighted by atomic mass is 10.3. The molecular weight excluding hydrogens is 274 g/mol. The van der Waals surface area contributed by atoms with Gasteiger partial charge in [-0.2, -0.15) is 11.8 Å². The third kappa shape index (κ3) is 5.29. The number of nitrogens with two attached hydrogens (primary N) is 2. The van der Waals surface area contributed by atoms with Gasteiger partial charge in [-0.05, 0) is 18.2 Å². The van der Waals surface area contributed by atoms with Gasteiger partial charge < -0.3 is 16.8 Å². The SMILES string of the molecule is NC(=O)CSCCC(=O)Nc1ccc(N)cc1Cl. The number of nitrogens with one attached hydrogen (secondary N) is 1. The summed E-state index contributed by atoms with van der Waals surface area (Å²) in [6.07, 6.45) is 0.290. The maximum Gasteiger partial charge on any atom is 0.227 e. The van der Waals surface area contributed by atoms with E-state index in [1.807, 2.05) is 0 Å². The minimum absolute atomic E-state index is 0.168. The Morgan fingerprint density at radius 1 is 1.39 bits per heavy atom. The maximum atomic E-state index is 11.6. The van der Waals surface area contributed by atoms with Crippen LogP contribution in [0.4, 0.5) is 11.4 Å². The van der Waals surface area contributed by atoms with Gasteiger partial charge in [-0.15, -0.1) is 0 Å². The van der Waals surface area contributed by atoms with Crippen LogP contribution in [-0.2, 0) is 9.59 Å². The number of carbonyl (C=O) groups excluding carboxylic acids is 2. The van der Waals surface area contributed by atoms with Crippen LogP contribution in [0.25, 0.3) is 0 Å². The van der Waals surface area contributed by atoms with E-state index < -0.39 is 0 Å². The van der Waals surface area contributed by atoms with Gasteiger partial charge in [-0.1, -0.05) is 11.6 Å². The number of thioether (sulfide) groups is 1. The molecule has 0 saturated heterocycles. The van der Waals surface area contributed by atoms with Crippen molar-refractivity contribution in [2.24, 2.45) is 5.73 Å².